The van der Waals surface area contributed by atoms with Crippen molar-refractivity contribution in [2.75, 3.05) is 36.9 Å². The number of pyridine rings is 1. The number of ether oxygens (including phenoxy) is 1. The highest BCUT2D eigenvalue weighted by Crippen LogP contribution is 2.18. The Morgan fingerprint density at radius 1 is 1.28 bits per heavy atom. The molecule has 0 unspecified atom stereocenters. The van der Waals surface area contributed by atoms with Gasteiger partial charge in [0, 0.05) is 19.3 Å². The van der Waals surface area contributed by atoms with Gasteiger partial charge in [0.05, 0.1) is 13.2 Å². The van der Waals surface area contributed by atoms with Gasteiger partial charge in [-0.25, -0.2) is 4.98 Å². The highest BCUT2D eigenvalue weighted by molar-refractivity contribution is 5.65. The van der Waals surface area contributed by atoms with Gasteiger partial charge in [-0.2, -0.15) is 0 Å². The first kappa shape index (κ1) is 11.0. The van der Waals surface area contributed by atoms with Crippen molar-refractivity contribution in [2.24, 2.45) is 0 Å². The molecule has 1 saturated heterocycles. The molecular weight excluding hydrogens is 232 g/mol. The second-order valence-corrected chi connectivity index (χ2v) is 4.18. The maximum Gasteiger partial charge on any atom is 0.283 e. The van der Waals surface area contributed by atoms with Crippen LogP contribution in [0.25, 0.3) is 5.65 Å². The molecule has 0 aromatic carbocycles. The number of aromatic nitrogens is 2. The van der Waals surface area contributed by atoms with E-state index in [4.69, 9.17) is 10.5 Å². The van der Waals surface area contributed by atoms with Crippen molar-refractivity contribution in [2.45, 2.75) is 0 Å². The average Bonchev–Trinajstić information content (AvgIpc) is 2.44. The smallest absolute Gasteiger partial charge is 0.283 e. The van der Waals surface area contributed by atoms with Crippen LogP contribution in [0.3, 0.4) is 0 Å². The normalized spacial score (nSPS) is 16.1. The Bertz CT molecular complexity index is 632. The summed E-state index contributed by atoms with van der Waals surface area (Å²) in [5.41, 5.74) is 6.49. The molecule has 2 N–H and O–H groups in total. The summed E-state index contributed by atoms with van der Waals surface area (Å²) in [4.78, 5) is 18.6. The van der Waals surface area contributed by atoms with Gasteiger partial charge >= 0.3 is 0 Å². The number of morpholine rings is 1. The van der Waals surface area contributed by atoms with Crippen LogP contribution in [0.1, 0.15) is 0 Å². The Labute approximate surface area is 104 Å². The summed E-state index contributed by atoms with van der Waals surface area (Å²) in [6.45, 7) is 2.68. The number of anilines is 2. The predicted octanol–water partition coefficient (Wildman–Crippen LogP) is 0.113. The van der Waals surface area contributed by atoms with E-state index in [0.29, 0.717) is 37.8 Å². The van der Waals surface area contributed by atoms with Crippen LogP contribution in [0.5, 0.6) is 0 Å². The van der Waals surface area contributed by atoms with E-state index in [9.17, 15) is 4.79 Å². The van der Waals surface area contributed by atoms with E-state index < -0.39 is 0 Å². The first-order chi connectivity index (χ1) is 8.77. The molecule has 0 radical (unpaired) electrons. The maximum absolute atomic E-state index is 12.1. The molecule has 0 aliphatic carbocycles. The maximum atomic E-state index is 12.1. The van der Waals surface area contributed by atoms with Crippen LogP contribution in [0.15, 0.2) is 29.2 Å². The van der Waals surface area contributed by atoms with Crippen molar-refractivity contribution >= 4 is 17.2 Å². The average molecular weight is 246 g/mol. The van der Waals surface area contributed by atoms with E-state index in [1.165, 1.54) is 4.40 Å². The first-order valence-electron chi connectivity index (χ1n) is 5.87. The summed E-state index contributed by atoms with van der Waals surface area (Å²) in [7, 11) is 0. The van der Waals surface area contributed by atoms with Crippen molar-refractivity contribution in [3.05, 3.63) is 34.7 Å². The number of hydrogen-bond donors (Lipinski definition) is 1. The lowest BCUT2D eigenvalue weighted by Crippen LogP contribution is -2.38. The van der Waals surface area contributed by atoms with Crippen molar-refractivity contribution in [1.29, 1.82) is 0 Å². The molecular formula is C12H14N4O2. The zero-order valence-electron chi connectivity index (χ0n) is 9.87. The molecule has 6 nitrogen and oxygen atoms in total. The highest BCUT2D eigenvalue weighted by atomic mass is 16.5. The van der Waals surface area contributed by atoms with Crippen molar-refractivity contribution in [3.8, 4) is 0 Å². The minimum atomic E-state index is -0.220. The second kappa shape index (κ2) is 4.30. The number of nitrogen functional groups attached to an aromatic ring is 1. The van der Waals surface area contributed by atoms with Crippen molar-refractivity contribution < 1.29 is 4.74 Å². The fourth-order valence-corrected chi connectivity index (χ4v) is 2.11. The lowest BCUT2D eigenvalue weighted by Gasteiger charge is -2.28. The largest absolute Gasteiger partial charge is 0.391 e. The van der Waals surface area contributed by atoms with E-state index in [2.05, 4.69) is 4.98 Å². The van der Waals surface area contributed by atoms with Gasteiger partial charge in [0.25, 0.3) is 5.56 Å². The van der Waals surface area contributed by atoms with Crippen LogP contribution >= 0.6 is 0 Å². The Kier molecular flexibility index (Phi) is 2.64. The number of rotatable bonds is 1. The summed E-state index contributed by atoms with van der Waals surface area (Å²) >= 11 is 0. The Morgan fingerprint density at radius 3 is 2.83 bits per heavy atom. The Balaban J connectivity index is 2.17. The van der Waals surface area contributed by atoms with E-state index in [1.54, 1.807) is 18.3 Å². The molecule has 0 spiro atoms. The minimum absolute atomic E-state index is 0.195. The zero-order chi connectivity index (χ0) is 12.5. The van der Waals surface area contributed by atoms with Gasteiger partial charge in [-0.05, 0) is 12.1 Å². The third-order valence-electron chi connectivity index (χ3n) is 3.06. The SMILES string of the molecule is Nc1c(N2CCOCC2)nc2ccccn2c1=O. The molecule has 2 aromatic heterocycles. The molecule has 0 amide bonds. The Morgan fingerprint density at radius 2 is 2.06 bits per heavy atom. The molecule has 3 heterocycles. The number of nitrogens with two attached hydrogens (primary N) is 1. The van der Waals surface area contributed by atoms with Crippen LogP contribution in [-0.4, -0.2) is 35.7 Å². The topological polar surface area (TPSA) is 72.9 Å². The molecule has 3 rings (SSSR count). The lowest BCUT2D eigenvalue weighted by atomic mass is 10.3. The fourth-order valence-electron chi connectivity index (χ4n) is 2.11. The Hall–Kier alpha value is -2.08. The molecule has 94 valence electrons. The van der Waals surface area contributed by atoms with Crippen molar-refractivity contribution in [1.82, 2.24) is 9.38 Å². The van der Waals surface area contributed by atoms with Gasteiger partial charge < -0.3 is 15.4 Å². The monoisotopic (exact) mass is 246 g/mol. The summed E-state index contributed by atoms with van der Waals surface area (Å²) in [6.07, 6.45) is 1.67. The van der Waals surface area contributed by atoms with E-state index in [0.717, 1.165) is 0 Å². The molecule has 0 saturated carbocycles. The summed E-state index contributed by atoms with van der Waals surface area (Å²) in [6, 6.07) is 5.43. The van der Waals surface area contributed by atoms with Crippen LogP contribution < -0.4 is 16.2 Å². The van der Waals surface area contributed by atoms with Gasteiger partial charge in [0.15, 0.2) is 5.82 Å². The quantitative estimate of drug-likeness (QED) is 0.773. The van der Waals surface area contributed by atoms with Crippen LogP contribution in [0.2, 0.25) is 0 Å². The van der Waals surface area contributed by atoms with Crippen LogP contribution in [-0.2, 0) is 4.74 Å². The predicted molar refractivity (Wildman–Crippen MR) is 68.9 cm³/mol. The first-order valence-corrected chi connectivity index (χ1v) is 5.87. The number of nitrogens with zero attached hydrogens (tertiary/aromatic N) is 3. The van der Waals surface area contributed by atoms with Crippen LogP contribution in [0, 0.1) is 0 Å². The summed E-state index contributed by atoms with van der Waals surface area (Å²) in [5, 5.41) is 0. The molecule has 18 heavy (non-hydrogen) atoms. The highest BCUT2D eigenvalue weighted by Gasteiger charge is 2.18. The van der Waals surface area contributed by atoms with E-state index >= 15 is 0 Å². The van der Waals surface area contributed by atoms with Crippen LogP contribution in [0.4, 0.5) is 11.5 Å². The molecule has 1 aliphatic heterocycles. The lowest BCUT2D eigenvalue weighted by molar-refractivity contribution is 0.122. The second-order valence-electron chi connectivity index (χ2n) is 4.18. The number of fused-ring (bicyclic) bond motifs is 1. The number of hydrogen-bond acceptors (Lipinski definition) is 5. The molecule has 0 bridgehead atoms. The van der Waals surface area contributed by atoms with Gasteiger partial charge in [-0.3, -0.25) is 9.20 Å². The standard InChI is InChI=1S/C12H14N4O2/c13-10-11(15-5-7-18-8-6-15)14-9-3-1-2-4-16(9)12(10)17/h1-4H,5-8,13H2. The molecule has 1 aliphatic rings. The third kappa shape index (κ3) is 1.70. The molecule has 1 fully saturated rings. The van der Waals surface area contributed by atoms with E-state index in [1.807, 2.05) is 11.0 Å². The van der Waals surface area contributed by atoms with Gasteiger partial charge in [-0.15, -0.1) is 0 Å². The zero-order valence-corrected chi connectivity index (χ0v) is 9.87. The van der Waals surface area contributed by atoms with Gasteiger partial charge in [0.2, 0.25) is 0 Å². The fraction of sp³-hybridized carbons (Fsp3) is 0.333. The molecule has 6 heteroatoms. The van der Waals surface area contributed by atoms with Gasteiger partial charge in [-0.1, -0.05) is 6.07 Å². The van der Waals surface area contributed by atoms with Crippen molar-refractivity contribution in [3.63, 3.8) is 0 Å². The molecule has 0 atom stereocenters. The summed E-state index contributed by atoms with van der Waals surface area (Å²) < 4.78 is 6.74. The summed E-state index contributed by atoms with van der Waals surface area (Å²) in [5.74, 6) is 0.564. The van der Waals surface area contributed by atoms with Gasteiger partial charge in [0.1, 0.15) is 11.3 Å². The third-order valence-corrected chi connectivity index (χ3v) is 3.06. The molecule has 2 aromatic rings. The minimum Gasteiger partial charge on any atom is -0.391 e. The van der Waals surface area contributed by atoms with E-state index in [-0.39, 0.29) is 11.2 Å².